The van der Waals surface area contributed by atoms with Crippen molar-refractivity contribution in [1.29, 1.82) is 0 Å². The van der Waals surface area contributed by atoms with Crippen LogP contribution in [-0.2, 0) is 14.8 Å². The van der Waals surface area contributed by atoms with Gasteiger partial charge in [-0.1, -0.05) is 18.2 Å². The van der Waals surface area contributed by atoms with E-state index in [1.165, 1.54) is 18.4 Å². The lowest BCUT2D eigenvalue weighted by Crippen LogP contribution is -2.16. The second-order valence-electron chi connectivity index (χ2n) is 6.04. The molecule has 0 aliphatic carbocycles. The standard InChI is InChI=1S/C20H15NO5S/c21-27(23,24)14-9-7-13(8-10-14)20-19(18-6-3-11-25-18)16(12-22)15-4-1-2-5-17(15)26-20/h1-12,16H,(H2,21,23,24). The van der Waals surface area contributed by atoms with Crippen molar-refractivity contribution in [2.24, 2.45) is 5.14 Å². The topological polar surface area (TPSA) is 99.6 Å². The highest BCUT2D eigenvalue weighted by molar-refractivity contribution is 7.89. The number of furan rings is 1. The first-order valence-electron chi connectivity index (χ1n) is 8.12. The van der Waals surface area contributed by atoms with Gasteiger partial charge in [-0.25, -0.2) is 13.6 Å². The third kappa shape index (κ3) is 3.07. The van der Waals surface area contributed by atoms with Crippen LogP contribution in [0.25, 0.3) is 11.3 Å². The van der Waals surface area contributed by atoms with Gasteiger partial charge >= 0.3 is 0 Å². The molecule has 1 atom stereocenters. The van der Waals surface area contributed by atoms with Crippen LogP contribution in [0.1, 0.15) is 22.8 Å². The van der Waals surface area contributed by atoms with Crippen LogP contribution < -0.4 is 9.88 Å². The second-order valence-corrected chi connectivity index (χ2v) is 7.60. The van der Waals surface area contributed by atoms with E-state index in [0.29, 0.717) is 28.4 Å². The zero-order chi connectivity index (χ0) is 19.0. The van der Waals surface area contributed by atoms with Gasteiger partial charge in [-0.3, -0.25) is 0 Å². The van der Waals surface area contributed by atoms with Crippen molar-refractivity contribution >= 4 is 27.6 Å². The Kier molecular flexibility index (Phi) is 4.18. The normalized spacial score (nSPS) is 16.6. The van der Waals surface area contributed by atoms with Crippen molar-refractivity contribution < 1.29 is 22.4 Å². The van der Waals surface area contributed by atoms with Gasteiger partial charge in [-0.2, -0.15) is 0 Å². The van der Waals surface area contributed by atoms with Crippen LogP contribution in [0.2, 0.25) is 0 Å². The SMILES string of the molecule is NS(=O)(=O)c1ccc(C2=C(c3ccco3)C(C=O)c3ccccc3O2)cc1. The molecule has 1 aromatic heterocycles. The summed E-state index contributed by atoms with van der Waals surface area (Å²) in [5.74, 6) is 0.929. The lowest BCUT2D eigenvalue weighted by atomic mass is 9.86. The molecule has 0 fully saturated rings. The van der Waals surface area contributed by atoms with E-state index in [9.17, 15) is 13.2 Å². The zero-order valence-corrected chi connectivity index (χ0v) is 14.8. The lowest BCUT2D eigenvalue weighted by molar-refractivity contribution is -0.108. The minimum Gasteiger partial charge on any atom is -0.465 e. The van der Waals surface area contributed by atoms with E-state index in [1.54, 1.807) is 30.3 Å². The van der Waals surface area contributed by atoms with E-state index in [4.69, 9.17) is 14.3 Å². The van der Waals surface area contributed by atoms with Crippen molar-refractivity contribution in [2.75, 3.05) is 0 Å². The van der Waals surface area contributed by atoms with Crippen LogP contribution in [0.3, 0.4) is 0 Å². The Bertz CT molecular complexity index is 1130. The first-order chi connectivity index (χ1) is 13.0. The molecule has 0 radical (unpaired) electrons. The third-order valence-electron chi connectivity index (χ3n) is 4.39. The van der Waals surface area contributed by atoms with E-state index in [1.807, 2.05) is 18.2 Å². The number of sulfonamides is 1. The van der Waals surface area contributed by atoms with Gasteiger partial charge in [0, 0.05) is 11.1 Å². The fraction of sp³-hybridized carbons (Fsp3) is 0.0500. The molecular weight excluding hydrogens is 366 g/mol. The first-order valence-corrected chi connectivity index (χ1v) is 9.67. The Morgan fingerprint density at radius 1 is 0.963 bits per heavy atom. The Morgan fingerprint density at radius 3 is 2.33 bits per heavy atom. The predicted octanol–water partition coefficient (Wildman–Crippen LogP) is 3.17. The third-order valence-corrected chi connectivity index (χ3v) is 5.32. The number of benzene rings is 2. The van der Waals surface area contributed by atoms with Gasteiger partial charge in [0.15, 0.2) is 0 Å². The average Bonchev–Trinajstić information content (AvgIpc) is 3.20. The molecule has 0 bridgehead atoms. The Hall–Kier alpha value is -3.16. The summed E-state index contributed by atoms with van der Waals surface area (Å²) >= 11 is 0. The molecular formula is C20H15NO5S. The number of carbonyl (C=O) groups excluding carboxylic acids is 1. The van der Waals surface area contributed by atoms with Crippen molar-refractivity contribution in [2.45, 2.75) is 10.8 Å². The molecule has 0 saturated carbocycles. The van der Waals surface area contributed by atoms with Gasteiger partial charge in [0.2, 0.25) is 10.0 Å². The van der Waals surface area contributed by atoms with E-state index in [-0.39, 0.29) is 4.90 Å². The summed E-state index contributed by atoms with van der Waals surface area (Å²) in [6, 6.07) is 16.7. The first kappa shape index (κ1) is 17.3. The van der Waals surface area contributed by atoms with Crippen LogP contribution >= 0.6 is 0 Å². The summed E-state index contributed by atoms with van der Waals surface area (Å²) < 4.78 is 34.6. The fourth-order valence-electron chi connectivity index (χ4n) is 3.14. The molecule has 1 aliphatic heterocycles. The van der Waals surface area contributed by atoms with Crippen LogP contribution in [0.4, 0.5) is 0 Å². The maximum Gasteiger partial charge on any atom is 0.238 e. The van der Waals surface area contributed by atoms with Gasteiger partial charge in [0.1, 0.15) is 23.6 Å². The van der Waals surface area contributed by atoms with Crippen LogP contribution in [0.15, 0.2) is 76.2 Å². The van der Waals surface area contributed by atoms with Crippen molar-refractivity contribution in [3.63, 3.8) is 0 Å². The summed E-state index contributed by atoms with van der Waals surface area (Å²) in [4.78, 5) is 12.0. The number of ether oxygens (including phenoxy) is 1. The smallest absolute Gasteiger partial charge is 0.238 e. The molecule has 3 aromatic rings. The highest BCUT2D eigenvalue weighted by Crippen LogP contribution is 2.45. The number of para-hydroxylation sites is 1. The molecule has 136 valence electrons. The van der Waals surface area contributed by atoms with Crippen LogP contribution in [-0.4, -0.2) is 14.7 Å². The molecule has 0 amide bonds. The van der Waals surface area contributed by atoms with Gasteiger partial charge in [0.05, 0.1) is 22.6 Å². The minimum atomic E-state index is -3.80. The summed E-state index contributed by atoms with van der Waals surface area (Å²) in [7, 11) is -3.80. The largest absolute Gasteiger partial charge is 0.465 e. The highest BCUT2D eigenvalue weighted by atomic mass is 32.2. The number of fused-ring (bicyclic) bond motifs is 1. The number of hydrogen-bond donors (Lipinski definition) is 1. The predicted molar refractivity (Wildman–Crippen MR) is 99.2 cm³/mol. The zero-order valence-electron chi connectivity index (χ0n) is 14.0. The molecule has 2 aromatic carbocycles. The number of primary sulfonamides is 1. The van der Waals surface area contributed by atoms with Gasteiger partial charge in [0.25, 0.3) is 0 Å². The second kappa shape index (κ2) is 6.53. The summed E-state index contributed by atoms with van der Waals surface area (Å²) in [5.41, 5.74) is 1.93. The molecule has 27 heavy (non-hydrogen) atoms. The quantitative estimate of drug-likeness (QED) is 0.700. The average molecular weight is 381 g/mol. The molecule has 7 heteroatoms. The monoisotopic (exact) mass is 381 g/mol. The number of hydrogen-bond acceptors (Lipinski definition) is 5. The number of carbonyl (C=O) groups is 1. The minimum absolute atomic E-state index is 0.00505. The van der Waals surface area contributed by atoms with Gasteiger partial charge < -0.3 is 13.9 Å². The molecule has 0 spiro atoms. The lowest BCUT2D eigenvalue weighted by Gasteiger charge is -2.27. The maximum atomic E-state index is 12.0. The molecule has 6 nitrogen and oxygen atoms in total. The van der Waals surface area contributed by atoms with Crippen molar-refractivity contribution in [3.05, 3.63) is 83.8 Å². The van der Waals surface area contributed by atoms with E-state index in [0.717, 1.165) is 11.8 Å². The molecule has 4 rings (SSSR count). The number of nitrogens with two attached hydrogens (primary N) is 1. The van der Waals surface area contributed by atoms with E-state index in [2.05, 4.69) is 0 Å². The fourth-order valence-corrected chi connectivity index (χ4v) is 3.66. The maximum absolute atomic E-state index is 12.0. The Balaban J connectivity index is 1.93. The number of allylic oxidation sites excluding steroid dienone is 1. The molecule has 2 N–H and O–H groups in total. The highest BCUT2D eigenvalue weighted by Gasteiger charge is 2.32. The van der Waals surface area contributed by atoms with E-state index >= 15 is 0 Å². The molecule has 1 aliphatic rings. The van der Waals surface area contributed by atoms with Crippen molar-refractivity contribution in [3.8, 4) is 5.75 Å². The van der Waals surface area contributed by atoms with Gasteiger partial charge in [-0.15, -0.1) is 0 Å². The molecule has 0 saturated heterocycles. The summed E-state index contributed by atoms with van der Waals surface area (Å²) in [6.45, 7) is 0. The number of rotatable bonds is 4. The Labute approximate surface area is 155 Å². The number of aldehydes is 1. The van der Waals surface area contributed by atoms with Crippen molar-refractivity contribution in [1.82, 2.24) is 0 Å². The van der Waals surface area contributed by atoms with E-state index < -0.39 is 15.9 Å². The molecule has 1 unspecified atom stereocenters. The van der Waals surface area contributed by atoms with Crippen LogP contribution in [0.5, 0.6) is 5.75 Å². The summed E-state index contributed by atoms with van der Waals surface area (Å²) in [5, 5.41) is 5.16. The van der Waals surface area contributed by atoms with Gasteiger partial charge in [-0.05, 0) is 42.5 Å². The Morgan fingerprint density at radius 2 is 1.70 bits per heavy atom. The van der Waals surface area contributed by atoms with Crippen LogP contribution in [0, 0.1) is 0 Å². The summed E-state index contributed by atoms with van der Waals surface area (Å²) in [6.07, 6.45) is 2.37. The molecule has 2 heterocycles.